The molecule has 4 amide bonds. The molecule has 11 heteroatoms. The molecule has 43 heavy (non-hydrogen) atoms. The average Bonchev–Trinajstić information content (AvgIpc) is 3.48. The number of hydrogen-bond acceptors (Lipinski definition) is 7. The van der Waals surface area contributed by atoms with Gasteiger partial charge in [0, 0.05) is 4.88 Å². The number of nitrogens with one attached hydrogen (secondary N) is 4. The first-order chi connectivity index (χ1) is 20.6. The van der Waals surface area contributed by atoms with E-state index in [1.165, 1.54) is 11.3 Å². The van der Waals surface area contributed by atoms with E-state index < -0.39 is 30.0 Å². The van der Waals surface area contributed by atoms with E-state index in [-0.39, 0.29) is 31.1 Å². The van der Waals surface area contributed by atoms with Crippen molar-refractivity contribution in [1.29, 1.82) is 0 Å². The summed E-state index contributed by atoms with van der Waals surface area (Å²) < 4.78 is 10.6. The fourth-order valence-corrected chi connectivity index (χ4v) is 5.13. The Balaban J connectivity index is 1.54. The first-order valence-electron chi connectivity index (χ1n) is 14.2. The molecule has 2 aromatic carbocycles. The van der Waals surface area contributed by atoms with Gasteiger partial charge in [-0.2, -0.15) is 0 Å². The standard InChI is InChI=1S/C32H40N4O6S/c1-21(2)17-25(33-31(39)41-19-23-11-7-5-8-12-23)27-15-16-28(43-27)30(38)36-35-29(37)26(18-22(3)4)34-32(40)42-20-24-13-9-6-10-14-24/h5-16,21-22,25-26H,17-20H2,1-4H3,(H,33,39)(H,34,40)(H,35,37)(H,36,38)/t25?,26-/m0/s1. The zero-order valence-corrected chi connectivity index (χ0v) is 25.7. The minimum atomic E-state index is -0.913. The Kier molecular flexibility index (Phi) is 13.0. The maximum Gasteiger partial charge on any atom is 0.408 e. The first kappa shape index (κ1) is 33.1. The maximum absolute atomic E-state index is 12.9. The van der Waals surface area contributed by atoms with Crippen LogP contribution in [0.5, 0.6) is 0 Å². The van der Waals surface area contributed by atoms with Crippen LogP contribution in [0.2, 0.25) is 0 Å². The second kappa shape index (κ2) is 16.9. The minimum absolute atomic E-state index is 0.0670. The van der Waals surface area contributed by atoms with Crippen LogP contribution in [0.25, 0.3) is 0 Å². The summed E-state index contributed by atoms with van der Waals surface area (Å²) in [5.74, 6) is -0.737. The van der Waals surface area contributed by atoms with Gasteiger partial charge in [-0.05, 0) is 47.9 Å². The van der Waals surface area contributed by atoms with Crippen molar-refractivity contribution in [1.82, 2.24) is 21.5 Å². The van der Waals surface area contributed by atoms with Crippen molar-refractivity contribution in [2.75, 3.05) is 0 Å². The van der Waals surface area contributed by atoms with Gasteiger partial charge in [-0.15, -0.1) is 11.3 Å². The summed E-state index contributed by atoms with van der Waals surface area (Å²) in [7, 11) is 0. The lowest BCUT2D eigenvalue weighted by Gasteiger charge is -2.20. The molecule has 0 fully saturated rings. The van der Waals surface area contributed by atoms with Gasteiger partial charge in [-0.25, -0.2) is 9.59 Å². The van der Waals surface area contributed by atoms with Gasteiger partial charge >= 0.3 is 12.2 Å². The van der Waals surface area contributed by atoms with Gasteiger partial charge in [0.05, 0.1) is 10.9 Å². The van der Waals surface area contributed by atoms with E-state index in [1.807, 2.05) is 88.4 Å². The Hall–Kier alpha value is -4.38. The first-order valence-corrected chi connectivity index (χ1v) is 15.1. The lowest BCUT2D eigenvalue weighted by molar-refractivity contribution is -0.124. The van der Waals surface area contributed by atoms with Crippen LogP contribution in [0, 0.1) is 11.8 Å². The van der Waals surface area contributed by atoms with E-state index in [0.29, 0.717) is 17.7 Å². The van der Waals surface area contributed by atoms with Gasteiger partial charge in [0.25, 0.3) is 11.8 Å². The molecule has 0 saturated carbocycles. The number of carbonyl (C=O) groups excluding carboxylic acids is 4. The molecule has 0 saturated heterocycles. The summed E-state index contributed by atoms with van der Waals surface area (Å²) in [6, 6.07) is 20.7. The lowest BCUT2D eigenvalue weighted by Crippen LogP contribution is -2.52. The summed E-state index contributed by atoms with van der Waals surface area (Å²) in [5.41, 5.74) is 6.53. The number of amides is 4. The van der Waals surface area contributed by atoms with Crippen molar-refractivity contribution in [3.05, 3.63) is 93.7 Å². The van der Waals surface area contributed by atoms with Crippen LogP contribution >= 0.6 is 11.3 Å². The molecule has 0 aliphatic heterocycles. The largest absolute Gasteiger partial charge is 0.445 e. The van der Waals surface area contributed by atoms with E-state index in [2.05, 4.69) is 21.5 Å². The van der Waals surface area contributed by atoms with Gasteiger partial charge in [-0.1, -0.05) is 88.4 Å². The number of hydrogen-bond donors (Lipinski definition) is 4. The molecule has 1 unspecified atom stereocenters. The smallest absolute Gasteiger partial charge is 0.408 e. The van der Waals surface area contributed by atoms with E-state index >= 15 is 0 Å². The third-order valence-electron chi connectivity index (χ3n) is 6.23. The summed E-state index contributed by atoms with van der Waals surface area (Å²) in [4.78, 5) is 51.8. The molecule has 1 aromatic heterocycles. The molecule has 0 bridgehead atoms. The highest BCUT2D eigenvalue weighted by Gasteiger charge is 2.24. The van der Waals surface area contributed by atoms with Crippen molar-refractivity contribution >= 4 is 35.3 Å². The molecule has 1 heterocycles. The molecule has 0 aliphatic rings. The second-order valence-electron chi connectivity index (χ2n) is 10.9. The van der Waals surface area contributed by atoms with E-state index in [9.17, 15) is 19.2 Å². The maximum atomic E-state index is 12.9. The molecular formula is C32H40N4O6S. The quantitative estimate of drug-likeness (QED) is 0.180. The summed E-state index contributed by atoms with van der Waals surface area (Å²) in [6.45, 7) is 8.14. The van der Waals surface area contributed by atoms with Gasteiger partial charge in [-0.3, -0.25) is 20.4 Å². The molecule has 4 N–H and O–H groups in total. The molecule has 2 atom stereocenters. The minimum Gasteiger partial charge on any atom is -0.445 e. The molecule has 10 nitrogen and oxygen atoms in total. The van der Waals surface area contributed by atoms with Crippen LogP contribution < -0.4 is 21.5 Å². The number of benzene rings is 2. The number of carbonyl (C=O) groups is 4. The Labute approximate surface area is 256 Å². The fraction of sp³-hybridized carbons (Fsp3) is 0.375. The monoisotopic (exact) mass is 608 g/mol. The zero-order valence-electron chi connectivity index (χ0n) is 24.9. The second-order valence-corrected chi connectivity index (χ2v) is 12.0. The van der Waals surface area contributed by atoms with Crippen molar-refractivity contribution in [2.45, 2.75) is 65.8 Å². The molecule has 0 spiro atoms. The van der Waals surface area contributed by atoms with Crippen molar-refractivity contribution in [3.8, 4) is 0 Å². The van der Waals surface area contributed by atoms with Gasteiger partial charge < -0.3 is 20.1 Å². The van der Waals surface area contributed by atoms with Crippen LogP contribution in [-0.2, 0) is 27.5 Å². The number of thiophene rings is 1. The third-order valence-corrected chi connectivity index (χ3v) is 7.43. The van der Waals surface area contributed by atoms with Crippen molar-refractivity contribution in [2.24, 2.45) is 11.8 Å². The summed E-state index contributed by atoms with van der Waals surface area (Å²) in [6.07, 6.45) is -0.299. The van der Waals surface area contributed by atoms with Gasteiger partial charge in [0.15, 0.2) is 0 Å². The van der Waals surface area contributed by atoms with Crippen LogP contribution in [0.3, 0.4) is 0 Å². The molecule has 0 radical (unpaired) electrons. The SMILES string of the molecule is CC(C)CC(NC(=O)OCc1ccccc1)c1ccc(C(=O)NNC(=O)[C@H](CC(C)C)NC(=O)OCc2ccccc2)s1. The van der Waals surface area contributed by atoms with Crippen LogP contribution in [0.1, 0.15) is 72.3 Å². The topological polar surface area (TPSA) is 135 Å². The third kappa shape index (κ3) is 11.8. The summed E-state index contributed by atoms with van der Waals surface area (Å²) >= 11 is 1.21. The average molecular weight is 609 g/mol. The Morgan fingerprint density at radius 3 is 1.74 bits per heavy atom. The summed E-state index contributed by atoms with van der Waals surface area (Å²) in [5, 5.41) is 5.49. The lowest BCUT2D eigenvalue weighted by atomic mass is 10.0. The fourth-order valence-electron chi connectivity index (χ4n) is 4.16. The molecule has 3 rings (SSSR count). The van der Waals surface area contributed by atoms with Gasteiger partial charge in [0.2, 0.25) is 0 Å². The Bertz CT molecular complexity index is 1330. The van der Waals surface area contributed by atoms with Crippen molar-refractivity contribution in [3.63, 3.8) is 0 Å². The van der Waals surface area contributed by atoms with Crippen LogP contribution in [0.4, 0.5) is 9.59 Å². The normalized spacial score (nSPS) is 12.2. The molecule has 3 aromatic rings. The van der Waals surface area contributed by atoms with Gasteiger partial charge in [0.1, 0.15) is 19.3 Å². The zero-order chi connectivity index (χ0) is 31.2. The molecule has 0 aliphatic carbocycles. The van der Waals surface area contributed by atoms with Crippen molar-refractivity contribution < 1.29 is 28.7 Å². The number of hydrazine groups is 1. The highest BCUT2D eigenvalue weighted by atomic mass is 32.1. The van der Waals surface area contributed by atoms with Crippen LogP contribution in [-0.4, -0.2) is 30.0 Å². The Morgan fingerprint density at radius 2 is 1.21 bits per heavy atom. The Morgan fingerprint density at radius 1 is 0.674 bits per heavy atom. The number of alkyl carbamates (subject to hydrolysis) is 2. The predicted octanol–water partition coefficient (Wildman–Crippen LogP) is 5.86. The van der Waals surface area contributed by atoms with Crippen LogP contribution in [0.15, 0.2) is 72.8 Å². The van der Waals surface area contributed by atoms with E-state index in [4.69, 9.17) is 9.47 Å². The van der Waals surface area contributed by atoms with E-state index in [0.717, 1.165) is 16.0 Å². The molecule has 230 valence electrons. The highest BCUT2D eigenvalue weighted by Crippen LogP contribution is 2.28. The number of ether oxygens (including phenoxy) is 2. The number of rotatable bonds is 13. The molecular weight excluding hydrogens is 568 g/mol. The predicted molar refractivity (Wildman–Crippen MR) is 165 cm³/mol. The highest BCUT2D eigenvalue weighted by molar-refractivity contribution is 7.14. The van der Waals surface area contributed by atoms with E-state index in [1.54, 1.807) is 12.1 Å².